The summed E-state index contributed by atoms with van der Waals surface area (Å²) in [4.78, 5) is 29.3. The van der Waals surface area contributed by atoms with Gasteiger partial charge in [-0.05, 0) is 49.7 Å². The molecule has 6 heteroatoms. The Morgan fingerprint density at radius 1 is 1.24 bits per heavy atom. The zero-order valence-electron chi connectivity index (χ0n) is 14.4. The van der Waals surface area contributed by atoms with E-state index in [-0.39, 0.29) is 23.8 Å². The van der Waals surface area contributed by atoms with Crippen LogP contribution in [0, 0.1) is 17.8 Å². The number of carbonyl (C=O) groups is 2. The molecule has 1 saturated heterocycles. The average Bonchev–Trinajstić information content (AvgIpc) is 3.29. The maximum absolute atomic E-state index is 13.0. The van der Waals surface area contributed by atoms with Crippen molar-refractivity contribution in [3.05, 3.63) is 29.3 Å². The maximum Gasteiger partial charge on any atom is 0.249 e. The molecule has 1 aliphatic heterocycles. The highest BCUT2D eigenvalue weighted by molar-refractivity contribution is 6.34. The molecule has 25 heavy (non-hydrogen) atoms. The number of hydrogen-bond acceptors (Lipinski definition) is 3. The molecule has 3 aliphatic rings. The third kappa shape index (κ3) is 2.64. The minimum Gasteiger partial charge on any atom is -0.333 e. The van der Waals surface area contributed by atoms with Crippen LogP contribution in [0.25, 0.3) is 0 Å². The monoisotopic (exact) mass is 361 g/mol. The molecular weight excluding hydrogens is 338 g/mol. The quantitative estimate of drug-likeness (QED) is 0.898. The summed E-state index contributed by atoms with van der Waals surface area (Å²) in [6.07, 6.45) is 3.92. The van der Waals surface area contributed by atoms with Crippen molar-refractivity contribution in [3.8, 4) is 0 Å². The van der Waals surface area contributed by atoms with Crippen molar-refractivity contribution in [2.24, 2.45) is 23.5 Å². The fourth-order valence-corrected chi connectivity index (χ4v) is 5.26. The molecule has 0 aromatic heterocycles. The molecule has 4 rings (SSSR count). The van der Waals surface area contributed by atoms with Gasteiger partial charge in [0.05, 0.1) is 16.6 Å². The number of nitrogens with two attached hydrogens (primary N) is 1. The van der Waals surface area contributed by atoms with Gasteiger partial charge in [-0.1, -0.05) is 23.7 Å². The van der Waals surface area contributed by atoms with E-state index in [1.165, 1.54) is 0 Å². The Bertz CT molecular complexity index is 708. The van der Waals surface area contributed by atoms with Gasteiger partial charge in [-0.3, -0.25) is 9.59 Å². The van der Waals surface area contributed by atoms with Crippen LogP contribution in [0.1, 0.15) is 25.7 Å². The van der Waals surface area contributed by atoms with Crippen molar-refractivity contribution >= 4 is 29.1 Å². The second-order valence-electron chi connectivity index (χ2n) is 7.63. The standard InChI is InChI=1S/C19H24ClN3O2/c1-22(19(25)16-11-6-7-12(10-11)17(16)21)15-8-9-23(18(15)24)14-5-3-2-4-13(14)20/h2-5,11-12,15-17H,6-10,21H2,1H3. The van der Waals surface area contributed by atoms with Crippen LogP contribution in [-0.4, -0.2) is 42.4 Å². The zero-order valence-corrected chi connectivity index (χ0v) is 15.2. The van der Waals surface area contributed by atoms with Crippen molar-refractivity contribution in [3.63, 3.8) is 0 Å². The van der Waals surface area contributed by atoms with E-state index in [0.29, 0.717) is 35.5 Å². The van der Waals surface area contributed by atoms with Crippen LogP contribution >= 0.6 is 11.6 Å². The Hall–Kier alpha value is -1.59. The molecule has 1 aromatic rings. The molecule has 2 bridgehead atoms. The molecular formula is C19H24ClN3O2. The Morgan fingerprint density at radius 2 is 1.96 bits per heavy atom. The number of anilines is 1. The first-order chi connectivity index (χ1) is 12.0. The van der Waals surface area contributed by atoms with E-state index in [2.05, 4.69) is 0 Å². The van der Waals surface area contributed by atoms with Crippen LogP contribution in [0.5, 0.6) is 0 Å². The summed E-state index contributed by atoms with van der Waals surface area (Å²) in [5, 5.41) is 0.556. The lowest BCUT2D eigenvalue weighted by Crippen LogP contribution is -2.50. The first-order valence-electron chi connectivity index (χ1n) is 9.07. The first-order valence-corrected chi connectivity index (χ1v) is 9.45. The molecule has 2 amide bonds. The van der Waals surface area contributed by atoms with Crippen LogP contribution in [0.15, 0.2) is 24.3 Å². The number of carbonyl (C=O) groups excluding carboxylic acids is 2. The Morgan fingerprint density at radius 3 is 2.64 bits per heavy atom. The van der Waals surface area contributed by atoms with E-state index in [4.69, 9.17) is 17.3 Å². The van der Waals surface area contributed by atoms with E-state index in [1.807, 2.05) is 18.2 Å². The smallest absolute Gasteiger partial charge is 0.249 e. The molecule has 134 valence electrons. The lowest BCUT2D eigenvalue weighted by atomic mass is 9.84. The number of halogens is 1. The van der Waals surface area contributed by atoms with Gasteiger partial charge in [0.2, 0.25) is 11.8 Å². The number of hydrogen-bond donors (Lipinski definition) is 1. The van der Waals surface area contributed by atoms with Gasteiger partial charge in [0.15, 0.2) is 0 Å². The number of amides is 2. The van der Waals surface area contributed by atoms with Crippen LogP contribution in [0.4, 0.5) is 5.69 Å². The molecule has 1 aromatic carbocycles. The van der Waals surface area contributed by atoms with Crippen LogP contribution in [0.3, 0.4) is 0 Å². The van der Waals surface area contributed by atoms with Crippen LogP contribution in [0.2, 0.25) is 5.02 Å². The van der Waals surface area contributed by atoms with Gasteiger partial charge in [0, 0.05) is 19.6 Å². The minimum atomic E-state index is -0.421. The highest BCUT2D eigenvalue weighted by Crippen LogP contribution is 2.48. The van der Waals surface area contributed by atoms with Gasteiger partial charge in [-0.2, -0.15) is 0 Å². The van der Waals surface area contributed by atoms with Gasteiger partial charge in [-0.25, -0.2) is 0 Å². The second kappa shape index (κ2) is 6.29. The third-order valence-electron chi connectivity index (χ3n) is 6.40. The summed E-state index contributed by atoms with van der Waals surface area (Å²) in [5.74, 6) is 0.739. The molecule has 5 atom stereocenters. The summed E-state index contributed by atoms with van der Waals surface area (Å²) >= 11 is 6.23. The normalized spacial score (nSPS) is 34.0. The van der Waals surface area contributed by atoms with Gasteiger partial charge >= 0.3 is 0 Å². The van der Waals surface area contributed by atoms with Gasteiger partial charge < -0.3 is 15.5 Å². The van der Waals surface area contributed by atoms with E-state index in [1.54, 1.807) is 22.9 Å². The topological polar surface area (TPSA) is 66.6 Å². The fourth-order valence-electron chi connectivity index (χ4n) is 5.03. The van der Waals surface area contributed by atoms with E-state index in [0.717, 1.165) is 19.3 Å². The van der Waals surface area contributed by atoms with Crippen molar-refractivity contribution in [1.82, 2.24) is 4.90 Å². The van der Waals surface area contributed by atoms with Gasteiger partial charge in [0.25, 0.3) is 0 Å². The Kier molecular flexibility index (Phi) is 4.24. The number of nitrogens with zero attached hydrogens (tertiary/aromatic N) is 2. The number of fused-ring (bicyclic) bond motifs is 2. The molecule has 5 nitrogen and oxygen atoms in total. The Labute approximate surface area is 153 Å². The van der Waals surface area contributed by atoms with Crippen LogP contribution in [-0.2, 0) is 9.59 Å². The third-order valence-corrected chi connectivity index (χ3v) is 6.72. The van der Waals surface area contributed by atoms with Crippen molar-refractivity contribution < 1.29 is 9.59 Å². The molecule has 2 saturated carbocycles. The minimum absolute atomic E-state index is 0.0408. The van der Waals surface area contributed by atoms with Gasteiger partial charge in [-0.15, -0.1) is 0 Å². The molecule has 2 aliphatic carbocycles. The maximum atomic E-state index is 13.0. The summed E-state index contributed by atoms with van der Waals surface area (Å²) < 4.78 is 0. The predicted octanol–water partition coefficient (Wildman–Crippen LogP) is 2.28. The van der Waals surface area contributed by atoms with E-state index < -0.39 is 6.04 Å². The van der Waals surface area contributed by atoms with E-state index in [9.17, 15) is 9.59 Å². The summed E-state index contributed by atoms with van der Waals surface area (Å²) in [7, 11) is 1.75. The molecule has 0 radical (unpaired) electrons. The lowest BCUT2D eigenvalue weighted by molar-refractivity contribution is -0.142. The number of benzene rings is 1. The largest absolute Gasteiger partial charge is 0.333 e. The average molecular weight is 362 g/mol. The zero-order chi connectivity index (χ0) is 17.7. The molecule has 0 spiro atoms. The molecule has 1 heterocycles. The summed E-state index contributed by atoms with van der Waals surface area (Å²) in [6, 6.07) is 6.86. The highest BCUT2D eigenvalue weighted by atomic mass is 35.5. The molecule has 3 fully saturated rings. The van der Waals surface area contributed by atoms with Crippen molar-refractivity contribution in [1.29, 1.82) is 0 Å². The molecule has 5 unspecified atom stereocenters. The second-order valence-corrected chi connectivity index (χ2v) is 8.04. The lowest BCUT2D eigenvalue weighted by Gasteiger charge is -2.33. The predicted molar refractivity (Wildman–Crippen MR) is 97.3 cm³/mol. The highest BCUT2D eigenvalue weighted by Gasteiger charge is 2.51. The van der Waals surface area contributed by atoms with Gasteiger partial charge in [0.1, 0.15) is 6.04 Å². The number of rotatable bonds is 3. The number of para-hydroxylation sites is 1. The summed E-state index contributed by atoms with van der Waals surface area (Å²) in [5.41, 5.74) is 7.03. The van der Waals surface area contributed by atoms with Crippen molar-refractivity contribution in [2.75, 3.05) is 18.5 Å². The first kappa shape index (κ1) is 16.9. The van der Waals surface area contributed by atoms with Crippen molar-refractivity contribution in [2.45, 2.75) is 37.8 Å². The molecule has 2 N–H and O–H groups in total. The SMILES string of the molecule is CN(C(=O)C1C2CCC(C2)C1N)C1CCN(c2ccccc2Cl)C1=O. The number of likely N-dealkylation sites (N-methyl/N-ethyl adjacent to an activating group) is 1. The fraction of sp³-hybridized carbons (Fsp3) is 0.579. The van der Waals surface area contributed by atoms with E-state index >= 15 is 0 Å². The summed E-state index contributed by atoms with van der Waals surface area (Å²) in [6.45, 7) is 0.577. The Balaban J connectivity index is 1.50. The van der Waals surface area contributed by atoms with Crippen LogP contribution < -0.4 is 10.6 Å².